The molecule has 1 saturated carbocycles. The van der Waals surface area contributed by atoms with Crippen LogP contribution in [0.3, 0.4) is 0 Å². The van der Waals surface area contributed by atoms with Crippen LogP contribution in [-0.2, 0) is 4.74 Å². The lowest BCUT2D eigenvalue weighted by molar-refractivity contribution is 0.0181. The van der Waals surface area contributed by atoms with Gasteiger partial charge >= 0.3 is 6.09 Å². The van der Waals surface area contributed by atoms with Gasteiger partial charge in [0.1, 0.15) is 5.60 Å². The molecule has 1 saturated heterocycles. The summed E-state index contributed by atoms with van der Waals surface area (Å²) in [6, 6.07) is 11.5. The maximum Gasteiger partial charge on any atom is 0.410 e. The number of rotatable bonds is 5. The van der Waals surface area contributed by atoms with Crippen LogP contribution >= 0.6 is 0 Å². The molecule has 1 aromatic rings. The molecule has 25 heavy (non-hydrogen) atoms. The number of likely N-dealkylation sites (tertiary alicyclic amines) is 1. The van der Waals surface area contributed by atoms with E-state index in [0.717, 1.165) is 38.4 Å². The van der Waals surface area contributed by atoms with Gasteiger partial charge in [-0.2, -0.15) is 0 Å². The van der Waals surface area contributed by atoms with Crippen molar-refractivity contribution in [1.29, 1.82) is 0 Å². The van der Waals surface area contributed by atoms with Gasteiger partial charge in [-0.05, 0) is 64.5 Å². The van der Waals surface area contributed by atoms with E-state index in [1.807, 2.05) is 25.7 Å². The molecule has 1 heterocycles. The second-order valence-electron chi connectivity index (χ2n) is 8.51. The largest absolute Gasteiger partial charge is 0.444 e. The summed E-state index contributed by atoms with van der Waals surface area (Å²) in [5, 5.41) is 3.71. The van der Waals surface area contributed by atoms with E-state index in [0.29, 0.717) is 12.0 Å². The smallest absolute Gasteiger partial charge is 0.410 e. The molecule has 2 fully saturated rings. The lowest BCUT2D eigenvalue weighted by atomic mass is 9.94. The van der Waals surface area contributed by atoms with E-state index in [1.54, 1.807) is 0 Å². The summed E-state index contributed by atoms with van der Waals surface area (Å²) in [7, 11) is 0. The average molecular weight is 344 g/mol. The fourth-order valence-corrected chi connectivity index (χ4v) is 3.69. The molecule has 138 valence electrons. The van der Waals surface area contributed by atoms with Gasteiger partial charge in [-0.25, -0.2) is 4.79 Å². The third kappa shape index (κ3) is 5.46. The fourth-order valence-electron chi connectivity index (χ4n) is 3.69. The first-order chi connectivity index (χ1) is 11.9. The van der Waals surface area contributed by atoms with Gasteiger partial charge in [0.15, 0.2) is 0 Å². The molecule has 2 aliphatic rings. The van der Waals surface area contributed by atoms with Crippen molar-refractivity contribution in [2.75, 3.05) is 19.6 Å². The first kappa shape index (κ1) is 18.2. The van der Waals surface area contributed by atoms with Crippen LogP contribution in [0.25, 0.3) is 0 Å². The second-order valence-corrected chi connectivity index (χ2v) is 8.51. The Bertz CT molecular complexity index is 559. The first-order valence-electron chi connectivity index (χ1n) is 9.68. The van der Waals surface area contributed by atoms with Crippen molar-refractivity contribution in [2.24, 2.45) is 5.92 Å². The van der Waals surface area contributed by atoms with Crippen molar-refractivity contribution < 1.29 is 9.53 Å². The molecule has 1 amide bonds. The number of carbonyl (C=O) groups is 1. The maximum atomic E-state index is 12.1. The molecule has 1 aliphatic heterocycles. The minimum absolute atomic E-state index is 0.159. The fraction of sp³-hybridized carbons (Fsp3) is 0.667. The van der Waals surface area contributed by atoms with E-state index in [-0.39, 0.29) is 6.09 Å². The Hall–Kier alpha value is -1.55. The van der Waals surface area contributed by atoms with Gasteiger partial charge in [0, 0.05) is 25.0 Å². The zero-order valence-corrected chi connectivity index (χ0v) is 15.8. The number of nitrogens with zero attached hydrogens (tertiary/aromatic N) is 1. The van der Waals surface area contributed by atoms with E-state index in [4.69, 9.17) is 4.74 Å². The van der Waals surface area contributed by atoms with E-state index in [2.05, 4.69) is 35.6 Å². The molecule has 0 unspecified atom stereocenters. The molecular formula is C21H32N2O2. The number of nitrogens with one attached hydrogen (secondary N) is 1. The number of carbonyl (C=O) groups excluding carboxylic acids is 1. The van der Waals surface area contributed by atoms with Gasteiger partial charge < -0.3 is 15.0 Å². The van der Waals surface area contributed by atoms with E-state index >= 15 is 0 Å². The highest BCUT2D eigenvalue weighted by atomic mass is 16.6. The van der Waals surface area contributed by atoms with Gasteiger partial charge in [-0.1, -0.05) is 30.3 Å². The van der Waals surface area contributed by atoms with Crippen LogP contribution in [0, 0.1) is 5.92 Å². The summed E-state index contributed by atoms with van der Waals surface area (Å²) in [5.74, 6) is 1.43. The molecule has 1 aliphatic carbocycles. The number of ether oxygens (including phenoxy) is 1. The summed E-state index contributed by atoms with van der Waals surface area (Å²) in [5.41, 5.74) is 1.06. The van der Waals surface area contributed by atoms with Gasteiger partial charge in [-0.15, -0.1) is 0 Å². The molecule has 0 aromatic heterocycles. The number of hydrogen-bond donors (Lipinski definition) is 1. The minimum atomic E-state index is -0.405. The quantitative estimate of drug-likeness (QED) is 0.872. The van der Waals surface area contributed by atoms with Crippen molar-refractivity contribution in [3.63, 3.8) is 0 Å². The molecule has 3 rings (SSSR count). The zero-order valence-electron chi connectivity index (χ0n) is 15.8. The highest BCUT2D eigenvalue weighted by molar-refractivity contribution is 5.68. The molecule has 0 radical (unpaired) electrons. The van der Waals surface area contributed by atoms with Gasteiger partial charge in [0.05, 0.1) is 0 Å². The molecule has 0 bridgehead atoms. The number of amides is 1. The Morgan fingerprint density at radius 2 is 1.88 bits per heavy atom. The van der Waals surface area contributed by atoms with Crippen LogP contribution in [0.4, 0.5) is 4.79 Å². The Morgan fingerprint density at radius 1 is 1.20 bits per heavy atom. The summed E-state index contributed by atoms with van der Waals surface area (Å²) < 4.78 is 5.46. The van der Waals surface area contributed by atoms with Crippen molar-refractivity contribution in [3.05, 3.63) is 35.9 Å². The molecule has 1 N–H and O–H groups in total. The highest BCUT2D eigenvalue weighted by Crippen LogP contribution is 2.40. The molecule has 0 spiro atoms. The minimum Gasteiger partial charge on any atom is -0.444 e. The van der Waals surface area contributed by atoms with Crippen molar-refractivity contribution in [1.82, 2.24) is 10.2 Å². The van der Waals surface area contributed by atoms with Gasteiger partial charge in [-0.3, -0.25) is 0 Å². The van der Waals surface area contributed by atoms with E-state index < -0.39 is 5.60 Å². The second kappa shape index (κ2) is 7.77. The molecule has 1 aromatic carbocycles. The standard InChI is InChI=1S/C21H32N2O2/c1-21(2,3)25-20(24)23-13-10-16(11-14-23)9-12-22-19-15-18(19)17-7-5-4-6-8-17/h4-8,16,18-19,22H,9-15H2,1-3H3/t18-,19+/m1/s1. The summed E-state index contributed by atoms with van der Waals surface area (Å²) >= 11 is 0. The maximum absolute atomic E-state index is 12.1. The van der Waals surface area contributed by atoms with Crippen LogP contribution in [0.5, 0.6) is 0 Å². The van der Waals surface area contributed by atoms with E-state index in [9.17, 15) is 4.79 Å². The first-order valence-corrected chi connectivity index (χ1v) is 9.68. The van der Waals surface area contributed by atoms with E-state index in [1.165, 1.54) is 18.4 Å². The summed E-state index contributed by atoms with van der Waals surface area (Å²) in [6.07, 6.45) is 4.50. The van der Waals surface area contributed by atoms with Crippen molar-refractivity contribution >= 4 is 6.09 Å². The molecule has 4 heteroatoms. The number of piperidine rings is 1. The van der Waals surface area contributed by atoms with Crippen LogP contribution in [-0.4, -0.2) is 42.3 Å². The molecular weight excluding hydrogens is 312 g/mol. The average Bonchev–Trinajstić information content (AvgIpc) is 3.34. The number of benzene rings is 1. The Labute approximate surface area is 151 Å². The lowest BCUT2D eigenvalue weighted by Crippen LogP contribution is -2.42. The molecule has 2 atom stereocenters. The van der Waals surface area contributed by atoms with Crippen LogP contribution in [0.15, 0.2) is 30.3 Å². The van der Waals surface area contributed by atoms with Crippen molar-refractivity contribution in [3.8, 4) is 0 Å². The lowest BCUT2D eigenvalue weighted by Gasteiger charge is -2.33. The Morgan fingerprint density at radius 3 is 2.52 bits per heavy atom. The summed E-state index contributed by atoms with van der Waals surface area (Å²) in [4.78, 5) is 14.0. The summed E-state index contributed by atoms with van der Waals surface area (Å²) in [6.45, 7) is 8.51. The normalized spacial score (nSPS) is 24.2. The predicted octanol–water partition coefficient (Wildman–Crippen LogP) is 4.17. The number of hydrogen-bond acceptors (Lipinski definition) is 3. The predicted molar refractivity (Wildman–Crippen MR) is 101 cm³/mol. The van der Waals surface area contributed by atoms with Crippen LogP contribution < -0.4 is 5.32 Å². The van der Waals surface area contributed by atoms with Gasteiger partial charge in [0.2, 0.25) is 0 Å². The van der Waals surface area contributed by atoms with Crippen LogP contribution in [0.1, 0.15) is 57.9 Å². The Kier molecular flexibility index (Phi) is 5.67. The SMILES string of the molecule is CC(C)(C)OC(=O)N1CCC(CCN[C@H]2C[C@@H]2c2ccccc2)CC1. The zero-order chi connectivity index (χ0) is 17.9. The topological polar surface area (TPSA) is 41.6 Å². The third-order valence-electron chi connectivity index (χ3n) is 5.24. The Balaban J connectivity index is 1.31. The van der Waals surface area contributed by atoms with Gasteiger partial charge in [0.25, 0.3) is 0 Å². The third-order valence-corrected chi connectivity index (χ3v) is 5.24. The van der Waals surface area contributed by atoms with Crippen LogP contribution in [0.2, 0.25) is 0 Å². The monoisotopic (exact) mass is 344 g/mol. The highest BCUT2D eigenvalue weighted by Gasteiger charge is 2.37. The van der Waals surface area contributed by atoms with Crippen molar-refractivity contribution in [2.45, 2.75) is 64.0 Å². The molecule has 4 nitrogen and oxygen atoms in total.